The van der Waals surface area contributed by atoms with Gasteiger partial charge < -0.3 is 5.73 Å². The summed E-state index contributed by atoms with van der Waals surface area (Å²) in [6, 6.07) is 0. The Balaban J connectivity index is -0.0000000542. The Hall–Kier alpha value is -0.300. The molecule has 0 atom stereocenters. The molecule has 0 aromatic heterocycles. The van der Waals surface area contributed by atoms with E-state index in [2.05, 4.69) is 5.73 Å². The zero-order valence-corrected chi connectivity index (χ0v) is 6.73. The van der Waals surface area contributed by atoms with Crippen molar-refractivity contribution in [3.63, 3.8) is 0 Å². The van der Waals surface area contributed by atoms with Gasteiger partial charge in [-0.25, -0.2) is 0 Å². The molecular formula is C7H19N. The van der Waals surface area contributed by atoms with Gasteiger partial charge in [0.2, 0.25) is 0 Å². The maximum absolute atomic E-state index is 4.50. The van der Waals surface area contributed by atoms with E-state index in [-0.39, 0.29) is 0 Å². The van der Waals surface area contributed by atoms with Crippen LogP contribution < -0.4 is 5.73 Å². The van der Waals surface area contributed by atoms with Crippen molar-refractivity contribution in [3.8, 4) is 0 Å². The zero-order valence-electron chi connectivity index (χ0n) is 6.73. The first kappa shape index (κ1) is 15.6. The van der Waals surface area contributed by atoms with Gasteiger partial charge in [0.25, 0.3) is 0 Å². The molecule has 0 aliphatic heterocycles. The Morgan fingerprint density at radius 3 is 1.00 bits per heavy atom. The van der Waals surface area contributed by atoms with E-state index in [1.54, 1.807) is 0 Å². The summed E-state index contributed by atoms with van der Waals surface area (Å²) in [6.45, 7) is 8.00. The molecule has 0 saturated heterocycles. The first-order valence-corrected chi connectivity index (χ1v) is 3.07. The third-order valence-electron chi connectivity index (χ3n) is 0.333. The van der Waals surface area contributed by atoms with Gasteiger partial charge in [-0.1, -0.05) is 26.0 Å². The van der Waals surface area contributed by atoms with Crippen molar-refractivity contribution < 1.29 is 0 Å². The van der Waals surface area contributed by atoms with Crippen LogP contribution in [0, 0.1) is 0 Å². The van der Waals surface area contributed by atoms with Gasteiger partial charge in [-0.05, 0) is 20.9 Å². The van der Waals surface area contributed by atoms with Crippen LogP contribution in [0.4, 0.5) is 0 Å². The van der Waals surface area contributed by atoms with E-state index >= 15 is 0 Å². The fraction of sp³-hybridized carbons (Fsp3) is 0.714. The molecule has 0 aliphatic rings. The monoisotopic (exact) mass is 117 g/mol. The molecule has 0 unspecified atom stereocenters. The quantitative estimate of drug-likeness (QED) is 0.483. The number of rotatable bonds is 0. The van der Waals surface area contributed by atoms with E-state index < -0.39 is 0 Å². The van der Waals surface area contributed by atoms with Crippen molar-refractivity contribution >= 4 is 0 Å². The van der Waals surface area contributed by atoms with Gasteiger partial charge in [0.15, 0.2) is 0 Å². The molecule has 8 heavy (non-hydrogen) atoms. The van der Waals surface area contributed by atoms with E-state index in [0.29, 0.717) is 0 Å². The molecule has 1 nitrogen and oxygen atoms in total. The molecule has 0 radical (unpaired) electrons. The summed E-state index contributed by atoms with van der Waals surface area (Å²) in [5, 5.41) is 0. The smallest absolute Gasteiger partial charge is 0.0195 e. The van der Waals surface area contributed by atoms with Crippen LogP contribution in [-0.4, -0.2) is 7.05 Å². The van der Waals surface area contributed by atoms with E-state index in [1.165, 1.54) is 7.05 Å². The normalized spacial score (nSPS) is 6.25. The van der Waals surface area contributed by atoms with Crippen molar-refractivity contribution in [2.45, 2.75) is 27.7 Å². The molecule has 0 heterocycles. The minimum absolute atomic E-state index is 1.50. The third-order valence-corrected chi connectivity index (χ3v) is 0.333. The summed E-state index contributed by atoms with van der Waals surface area (Å²) < 4.78 is 0. The topological polar surface area (TPSA) is 26.0 Å². The maximum atomic E-state index is 4.50. The second-order valence-corrected chi connectivity index (χ2v) is 0.667. The van der Waals surface area contributed by atoms with Gasteiger partial charge in [0.05, 0.1) is 0 Å². The Morgan fingerprint density at radius 1 is 0.875 bits per heavy atom. The van der Waals surface area contributed by atoms with Crippen molar-refractivity contribution in [1.82, 2.24) is 0 Å². The van der Waals surface area contributed by atoms with Crippen LogP contribution in [0.25, 0.3) is 0 Å². The minimum atomic E-state index is 1.50. The lowest BCUT2D eigenvalue weighted by molar-refractivity contribution is 1.48. The summed E-state index contributed by atoms with van der Waals surface area (Å²) >= 11 is 0. The summed E-state index contributed by atoms with van der Waals surface area (Å²) in [5.74, 6) is 0. The lowest BCUT2D eigenvalue weighted by atomic mass is 10.6. The van der Waals surface area contributed by atoms with Gasteiger partial charge in [-0.15, -0.1) is 0 Å². The standard InChI is InChI=1S/C4H8.C2H6.CH5N/c1-3-4-2;2*1-2/h3-4H,1-2H3;1-2H3;2H2,1H3. The Kier molecular flexibility index (Phi) is 147. The molecule has 0 amide bonds. The van der Waals surface area contributed by atoms with Crippen molar-refractivity contribution in [1.29, 1.82) is 0 Å². The zero-order chi connectivity index (χ0) is 7.41. The summed E-state index contributed by atoms with van der Waals surface area (Å²) in [4.78, 5) is 0. The van der Waals surface area contributed by atoms with Gasteiger partial charge in [-0.2, -0.15) is 0 Å². The van der Waals surface area contributed by atoms with Crippen LogP contribution in [-0.2, 0) is 0 Å². The lowest BCUT2D eigenvalue weighted by Gasteiger charge is -1.49. The molecule has 1 heteroatoms. The van der Waals surface area contributed by atoms with Crippen LogP contribution in [0.5, 0.6) is 0 Å². The highest BCUT2D eigenvalue weighted by Gasteiger charge is 1.34. The fourth-order valence-corrected chi connectivity index (χ4v) is 0. The Labute approximate surface area is 53.6 Å². The van der Waals surface area contributed by atoms with Crippen LogP contribution >= 0.6 is 0 Å². The minimum Gasteiger partial charge on any atom is -0.333 e. The number of nitrogens with two attached hydrogens (primary N) is 1. The molecule has 0 bridgehead atoms. The van der Waals surface area contributed by atoms with Gasteiger partial charge in [0, 0.05) is 0 Å². The molecule has 0 aromatic rings. The SMILES string of the molecule is CC.CC=CC.CN. The molecule has 2 N–H and O–H groups in total. The molecule has 52 valence electrons. The van der Waals surface area contributed by atoms with Crippen LogP contribution in [0.3, 0.4) is 0 Å². The van der Waals surface area contributed by atoms with E-state index in [1.807, 2.05) is 39.8 Å². The highest BCUT2D eigenvalue weighted by atomic mass is 14.4. The molecule has 0 spiro atoms. The average Bonchev–Trinajstić information content (AvgIpc) is 1.96. The Morgan fingerprint density at radius 2 is 1.00 bits per heavy atom. The predicted molar refractivity (Wildman–Crippen MR) is 41.9 cm³/mol. The predicted octanol–water partition coefficient (Wildman–Crippen LogP) is 2.18. The van der Waals surface area contributed by atoms with E-state index in [4.69, 9.17) is 0 Å². The number of hydrogen-bond donors (Lipinski definition) is 1. The fourth-order valence-electron chi connectivity index (χ4n) is 0. The molecular weight excluding hydrogens is 98.1 g/mol. The highest BCUT2D eigenvalue weighted by molar-refractivity contribution is 4.68. The molecule has 0 rings (SSSR count). The third kappa shape index (κ3) is 257. The van der Waals surface area contributed by atoms with Crippen LogP contribution in [0.2, 0.25) is 0 Å². The van der Waals surface area contributed by atoms with Gasteiger partial charge in [0.1, 0.15) is 0 Å². The number of hydrogen-bond acceptors (Lipinski definition) is 1. The second-order valence-electron chi connectivity index (χ2n) is 0.667. The second kappa shape index (κ2) is 75.3. The van der Waals surface area contributed by atoms with Gasteiger partial charge in [-0.3, -0.25) is 0 Å². The summed E-state index contributed by atoms with van der Waals surface area (Å²) in [5.41, 5.74) is 4.50. The maximum Gasteiger partial charge on any atom is -0.0195 e. The largest absolute Gasteiger partial charge is 0.333 e. The van der Waals surface area contributed by atoms with Gasteiger partial charge >= 0.3 is 0 Å². The average molecular weight is 117 g/mol. The van der Waals surface area contributed by atoms with Crippen LogP contribution in [0.15, 0.2) is 12.2 Å². The summed E-state index contributed by atoms with van der Waals surface area (Å²) in [6.07, 6.45) is 4.00. The molecule has 0 aliphatic carbocycles. The first-order valence-electron chi connectivity index (χ1n) is 3.07. The van der Waals surface area contributed by atoms with Crippen LogP contribution in [0.1, 0.15) is 27.7 Å². The molecule has 0 fully saturated rings. The Bertz CT molecular complexity index is 19.6. The molecule has 0 aromatic carbocycles. The number of allylic oxidation sites excluding steroid dienone is 2. The van der Waals surface area contributed by atoms with Crippen molar-refractivity contribution in [2.24, 2.45) is 5.73 Å². The lowest BCUT2D eigenvalue weighted by Crippen LogP contribution is -1.69. The first-order chi connectivity index (χ1) is 3.91. The van der Waals surface area contributed by atoms with Crippen molar-refractivity contribution in [3.05, 3.63) is 12.2 Å². The van der Waals surface area contributed by atoms with Crippen molar-refractivity contribution in [2.75, 3.05) is 7.05 Å². The van der Waals surface area contributed by atoms with E-state index in [0.717, 1.165) is 0 Å². The van der Waals surface area contributed by atoms with E-state index in [9.17, 15) is 0 Å². The summed E-state index contributed by atoms with van der Waals surface area (Å²) in [7, 11) is 1.50. The highest BCUT2D eigenvalue weighted by Crippen LogP contribution is 1.57. The molecule has 0 saturated carbocycles.